The Hall–Kier alpha value is -2.49. The molecule has 0 radical (unpaired) electrons. The lowest BCUT2D eigenvalue weighted by Crippen LogP contribution is -2.50. The zero-order valence-electron chi connectivity index (χ0n) is 15.1. The highest BCUT2D eigenvalue weighted by molar-refractivity contribution is 7.91. The molecule has 1 N–H and O–H groups in total. The van der Waals surface area contributed by atoms with Gasteiger partial charge < -0.3 is 15.1 Å². The summed E-state index contributed by atoms with van der Waals surface area (Å²) in [6, 6.07) is 1.05. The van der Waals surface area contributed by atoms with Crippen molar-refractivity contribution in [1.29, 1.82) is 0 Å². The van der Waals surface area contributed by atoms with Crippen LogP contribution in [-0.4, -0.2) is 84.6 Å². The number of piperazine rings is 1. The first-order valence-corrected chi connectivity index (χ1v) is 10.6. The molecule has 2 fully saturated rings. The smallest absolute Gasteiger partial charge is 0.255 e. The van der Waals surface area contributed by atoms with Crippen LogP contribution in [0.1, 0.15) is 34.1 Å². The minimum absolute atomic E-state index is 0.0173. The van der Waals surface area contributed by atoms with Gasteiger partial charge in [-0.1, -0.05) is 0 Å². The fourth-order valence-corrected chi connectivity index (χ4v) is 4.94. The second-order valence-electron chi connectivity index (χ2n) is 6.83. The van der Waals surface area contributed by atoms with Crippen LogP contribution in [0.4, 0.5) is 0 Å². The van der Waals surface area contributed by atoms with Gasteiger partial charge in [0.05, 0.1) is 22.6 Å². The zero-order valence-corrected chi connectivity index (χ0v) is 15.9. The Kier molecular flexibility index (Phi) is 5.45. The van der Waals surface area contributed by atoms with Gasteiger partial charge in [-0.2, -0.15) is 0 Å². The van der Waals surface area contributed by atoms with Gasteiger partial charge in [-0.05, 0) is 12.5 Å². The van der Waals surface area contributed by atoms with E-state index in [2.05, 4.69) is 10.3 Å². The van der Waals surface area contributed by atoms with Crippen molar-refractivity contribution in [2.45, 2.75) is 19.4 Å². The van der Waals surface area contributed by atoms with Crippen LogP contribution in [0.3, 0.4) is 0 Å². The summed E-state index contributed by atoms with van der Waals surface area (Å²) in [4.78, 5) is 43.7. The predicted molar refractivity (Wildman–Crippen MR) is 96.9 cm³/mol. The molecule has 146 valence electrons. The molecule has 0 spiro atoms. The maximum absolute atomic E-state index is 12.7. The molecular weight excluding hydrogens is 372 g/mol. The third-order valence-electron chi connectivity index (χ3n) is 4.83. The quantitative estimate of drug-likeness (QED) is 0.725. The molecule has 9 nitrogen and oxygen atoms in total. The molecule has 3 amide bonds. The Bertz CT molecular complexity index is 862. The third-order valence-corrected chi connectivity index (χ3v) is 6.60. The number of sulfone groups is 1. The topological polar surface area (TPSA) is 117 Å². The molecule has 2 aliphatic heterocycles. The van der Waals surface area contributed by atoms with Crippen LogP contribution in [0.15, 0.2) is 18.5 Å². The maximum Gasteiger partial charge on any atom is 0.255 e. The number of hydrogen-bond acceptors (Lipinski definition) is 6. The normalized spacial score (nSPS) is 21.7. The molecule has 0 aliphatic carbocycles. The highest BCUT2D eigenvalue weighted by atomic mass is 32.2. The molecular formula is C17H22N4O5S. The lowest BCUT2D eigenvalue weighted by atomic mass is 10.1. The second kappa shape index (κ2) is 7.63. The highest BCUT2D eigenvalue weighted by Crippen LogP contribution is 2.14. The van der Waals surface area contributed by atoms with Crippen molar-refractivity contribution in [3.8, 4) is 0 Å². The Labute approximate surface area is 157 Å². The van der Waals surface area contributed by atoms with E-state index in [1.165, 1.54) is 25.4 Å². The minimum Gasteiger partial charge on any atom is -0.348 e. The molecule has 1 unspecified atom stereocenters. The van der Waals surface area contributed by atoms with Crippen LogP contribution >= 0.6 is 0 Å². The first kappa shape index (κ1) is 19.3. The summed E-state index contributed by atoms with van der Waals surface area (Å²) in [6.07, 6.45) is 3.14. The number of pyridine rings is 1. The van der Waals surface area contributed by atoms with Crippen molar-refractivity contribution in [1.82, 2.24) is 20.1 Å². The van der Waals surface area contributed by atoms with Crippen LogP contribution in [0.5, 0.6) is 0 Å². The number of nitrogens with zero attached hydrogens (tertiary/aromatic N) is 3. The van der Waals surface area contributed by atoms with Gasteiger partial charge in [0.15, 0.2) is 9.84 Å². The van der Waals surface area contributed by atoms with E-state index in [4.69, 9.17) is 0 Å². The largest absolute Gasteiger partial charge is 0.348 e. The Morgan fingerprint density at radius 3 is 2.30 bits per heavy atom. The Morgan fingerprint density at radius 2 is 1.70 bits per heavy atom. The van der Waals surface area contributed by atoms with E-state index < -0.39 is 21.8 Å². The summed E-state index contributed by atoms with van der Waals surface area (Å²) in [5.41, 5.74) is 0.505. The maximum atomic E-state index is 12.7. The van der Waals surface area contributed by atoms with Crippen LogP contribution in [0.25, 0.3) is 0 Å². The molecule has 0 bridgehead atoms. The van der Waals surface area contributed by atoms with Gasteiger partial charge in [-0.15, -0.1) is 0 Å². The summed E-state index contributed by atoms with van der Waals surface area (Å²) in [6.45, 7) is 3.30. The molecule has 3 rings (SSSR count). The van der Waals surface area contributed by atoms with Gasteiger partial charge >= 0.3 is 0 Å². The summed E-state index contributed by atoms with van der Waals surface area (Å²) in [5.74, 6) is -0.701. The zero-order chi connectivity index (χ0) is 19.6. The van der Waals surface area contributed by atoms with E-state index in [9.17, 15) is 22.8 Å². The van der Waals surface area contributed by atoms with Gasteiger partial charge in [0.1, 0.15) is 0 Å². The summed E-state index contributed by atoms with van der Waals surface area (Å²) >= 11 is 0. The molecule has 1 atom stereocenters. The van der Waals surface area contributed by atoms with Crippen molar-refractivity contribution in [2.24, 2.45) is 0 Å². The van der Waals surface area contributed by atoms with Crippen molar-refractivity contribution in [3.63, 3.8) is 0 Å². The van der Waals surface area contributed by atoms with Crippen LogP contribution in [-0.2, 0) is 14.6 Å². The Balaban J connectivity index is 1.64. The number of aromatic nitrogens is 1. The lowest BCUT2D eigenvalue weighted by molar-refractivity contribution is -0.130. The van der Waals surface area contributed by atoms with Crippen LogP contribution in [0.2, 0.25) is 0 Å². The van der Waals surface area contributed by atoms with Crippen LogP contribution < -0.4 is 5.32 Å². The van der Waals surface area contributed by atoms with Crippen molar-refractivity contribution >= 4 is 27.6 Å². The van der Waals surface area contributed by atoms with E-state index in [0.717, 1.165) is 0 Å². The number of nitrogens with one attached hydrogen (secondary N) is 1. The van der Waals surface area contributed by atoms with Crippen LogP contribution in [0, 0.1) is 0 Å². The molecule has 2 saturated heterocycles. The van der Waals surface area contributed by atoms with E-state index in [-0.39, 0.29) is 34.4 Å². The average molecular weight is 394 g/mol. The van der Waals surface area contributed by atoms with Gasteiger partial charge in [-0.3, -0.25) is 19.4 Å². The first-order valence-electron chi connectivity index (χ1n) is 8.76. The van der Waals surface area contributed by atoms with E-state index >= 15 is 0 Å². The predicted octanol–water partition coefficient (Wildman–Crippen LogP) is -0.697. The molecule has 3 heterocycles. The molecule has 0 aromatic carbocycles. The van der Waals surface area contributed by atoms with Gasteiger partial charge in [0.2, 0.25) is 5.91 Å². The summed E-state index contributed by atoms with van der Waals surface area (Å²) in [7, 11) is -3.09. The Morgan fingerprint density at radius 1 is 1.07 bits per heavy atom. The molecule has 10 heteroatoms. The molecule has 0 saturated carbocycles. The van der Waals surface area contributed by atoms with E-state index in [1.54, 1.807) is 9.80 Å². The van der Waals surface area contributed by atoms with Crippen molar-refractivity contribution < 1.29 is 22.8 Å². The van der Waals surface area contributed by atoms with Gasteiger partial charge in [0, 0.05) is 51.5 Å². The summed E-state index contributed by atoms with van der Waals surface area (Å²) < 4.78 is 23.0. The van der Waals surface area contributed by atoms with Crippen molar-refractivity contribution in [2.75, 3.05) is 37.7 Å². The number of carbonyl (C=O) groups excluding carboxylic acids is 3. The molecule has 1 aromatic rings. The number of amides is 3. The van der Waals surface area contributed by atoms with Crippen molar-refractivity contribution in [3.05, 3.63) is 29.6 Å². The number of hydrogen-bond donors (Lipinski definition) is 1. The first-order chi connectivity index (χ1) is 12.7. The molecule has 27 heavy (non-hydrogen) atoms. The highest BCUT2D eigenvalue weighted by Gasteiger charge is 2.29. The van der Waals surface area contributed by atoms with E-state index in [0.29, 0.717) is 32.6 Å². The fourth-order valence-electron chi connectivity index (χ4n) is 3.27. The number of rotatable bonds is 3. The molecule has 2 aliphatic rings. The third kappa shape index (κ3) is 4.62. The standard InChI is InChI=1S/C17H22N4O5S/c1-12(22)20-3-5-21(6-4-20)17(24)14-8-13(9-18-10-14)16(23)19-15-2-7-27(25,26)11-15/h8-10,15H,2-7,11H2,1H3,(H,19,23). The molecule has 1 aromatic heterocycles. The minimum atomic E-state index is -3.09. The van der Waals surface area contributed by atoms with Gasteiger partial charge in [0.25, 0.3) is 11.8 Å². The fraction of sp³-hybridized carbons (Fsp3) is 0.529. The number of carbonyl (C=O) groups is 3. The lowest BCUT2D eigenvalue weighted by Gasteiger charge is -2.34. The summed E-state index contributed by atoms with van der Waals surface area (Å²) in [5, 5.41) is 2.69. The van der Waals surface area contributed by atoms with Gasteiger partial charge in [-0.25, -0.2) is 8.42 Å². The average Bonchev–Trinajstić information content (AvgIpc) is 2.99. The SMILES string of the molecule is CC(=O)N1CCN(C(=O)c2cncc(C(=O)NC3CCS(=O)(=O)C3)c2)CC1. The second-order valence-corrected chi connectivity index (χ2v) is 9.06. The van der Waals surface area contributed by atoms with E-state index in [1.807, 2.05) is 0 Å². The monoisotopic (exact) mass is 394 g/mol.